The summed E-state index contributed by atoms with van der Waals surface area (Å²) in [5.41, 5.74) is 0.324. The first-order chi connectivity index (χ1) is 10.5. The van der Waals surface area contributed by atoms with Crippen molar-refractivity contribution in [3.05, 3.63) is 0 Å². The molecule has 3 atom stereocenters. The highest BCUT2D eigenvalue weighted by Gasteiger charge is 2.56. The standard InChI is InChI=1S/C16H30N2O3S/c1-3-21-15-11-14(16(15)8-4-5-9-16)17-12-13-7-6-10-18(13)22(2,19)20/h13-15,17H,3-12H2,1-2H3/t13-,14-,15-/m1/s1. The van der Waals surface area contributed by atoms with Crippen molar-refractivity contribution < 1.29 is 13.2 Å². The fourth-order valence-corrected chi connectivity index (χ4v) is 6.08. The van der Waals surface area contributed by atoms with Gasteiger partial charge >= 0.3 is 0 Å². The van der Waals surface area contributed by atoms with Gasteiger partial charge in [-0.1, -0.05) is 12.8 Å². The van der Waals surface area contributed by atoms with E-state index in [2.05, 4.69) is 12.2 Å². The van der Waals surface area contributed by atoms with E-state index in [1.54, 1.807) is 4.31 Å². The molecule has 0 aromatic carbocycles. The molecule has 0 radical (unpaired) electrons. The van der Waals surface area contributed by atoms with Crippen molar-refractivity contribution in [2.45, 2.75) is 70.1 Å². The normalized spacial score (nSPS) is 35.1. The summed E-state index contributed by atoms with van der Waals surface area (Å²) in [5.74, 6) is 0. The highest BCUT2D eigenvalue weighted by molar-refractivity contribution is 7.88. The number of nitrogens with zero attached hydrogens (tertiary/aromatic N) is 1. The van der Waals surface area contributed by atoms with E-state index in [1.165, 1.54) is 31.9 Å². The van der Waals surface area contributed by atoms with E-state index < -0.39 is 10.0 Å². The van der Waals surface area contributed by atoms with E-state index in [9.17, 15) is 8.42 Å². The monoisotopic (exact) mass is 330 g/mol. The average Bonchev–Trinajstić information content (AvgIpc) is 3.10. The van der Waals surface area contributed by atoms with E-state index >= 15 is 0 Å². The SMILES string of the molecule is CCO[C@@H]1C[C@@H](NC[C@H]2CCCN2S(C)(=O)=O)C12CCCC2. The topological polar surface area (TPSA) is 58.6 Å². The smallest absolute Gasteiger partial charge is 0.211 e. The molecule has 128 valence electrons. The van der Waals surface area contributed by atoms with Crippen molar-refractivity contribution in [1.29, 1.82) is 0 Å². The second kappa shape index (κ2) is 6.38. The van der Waals surface area contributed by atoms with Gasteiger partial charge < -0.3 is 10.1 Å². The minimum Gasteiger partial charge on any atom is -0.378 e. The van der Waals surface area contributed by atoms with Crippen LogP contribution in [0.3, 0.4) is 0 Å². The van der Waals surface area contributed by atoms with E-state index in [1.807, 2.05) is 0 Å². The maximum Gasteiger partial charge on any atom is 0.211 e. The van der Waals surface area contributed by atoms with E-state index in [0.717, 1.165) is 32.4 Å². The molecule has 0 amide bonds. The predicted molar refractivity (Wildman–Crippen MR) is 87.3 cm³/mol. The first kappa shape index (κ1) is 16.7. The molecule has 3 rings (SSSR count). The third kappa shape index (κ3) is 2.95. The van der Waals surface area contributed by atoms with Crippen LogP contribution in [0.5, 0.6) is 0 Å². The predicted octanol–water partition coefficient (Wildman–Crippen LogP) is 1.74. The molecule has 1 aliphatic heterocycles. The first-order valence-electron chi connectivity index (χ1n) is 8.79. The Morgan fingerprint density at radius 3 is 2.64 bits per heavy atom. The molecule has 1 heterocycles. The highest BCUT2D eigenvalue weighted by atomic mass is 32.2. The number of sulfonamides is 1. The minimum absolute atomic E-state index is 0.139. The lowest BCUT2D eigenvalue weighted by atomic mass is 9.60. The minimum atomic E-state index is -3.07. The van der Waals surface area contributed by atoms with Crippen LogP contribution in [0.1, 0.15) is 51.9 Å². The van der Waals surface area contributed by atoms with Crippen molar-refractivity contribution in [2.75, 3.05) is 26.0 Å². The van der Waals surface area contributed by atoms with Crippen LogP contribution in [-0.4, -0.2) is 56.9 Å². The zero-order valence-corrected chi connectivity index (χ0v) is 14.7. The van der Waals surface area contributed by atoms with Crippen LogP contribution in [0.25, 0.3) is 0 Å². The Morgan fingerprint density at radius 1 is 1.27 bits per heavy atom. The van der Waals surface area contributed by atoms with Gasteiger partial charge in [-0.05, 0) is 39.0 Å². The third-order valence-electron chi connectivity index (χ3n) is 6.04. The summed E-state index contributed by atoms with van der Waals surface area (Å²) in [6.45, 7) is 4.34. The molecular weight excluding hydrogens is 300 g/mol. The number of rotatable bonds is 6. The zero-order valence-electron chi connectivity index (χ0n) is 13.9. The molecule has 1 spiro atoms. The first-order valence-corrected chi connectivity index (χ1v) is 10.6. The lowest BCUT2D eigenvalue weighted by Crippen LogP contribution is -2.63. The molecule has 0 aromatic heterocycles. The lowest BCUT2D eigenvalue weighted by Gasteiger charge is -2.54. The van der Waals surface area contributed by atoms with Crippen molar-refractivity contribution >= 4 is 10.0 Å². The number of ether oxygens (including phenoxy) is 1. The van der Waals surface area contributed by atoms with Gasteiger partial charge in [-0.2, -0.15) is 4.31 Å². The summed E-state index contributed by atoms with van der Waals surface area (Å²) >= 11 is 0. The molecule has 22 heavy (non-hydrogen) atoms. The molecule has 1 saturated heterocycles. The Morgan fingerprint density at radius 2 is 2.00 bits per heavy atom. The Balaban J connectivity index is 1.58. The van der Waals surface area contributed by atoms with Crippen molar-refractivity contribution in [1.82, 2.24) is 9.62 Å². The highest BCUT2D eigenvalue weighted by Crippen LogP contribution is 2.54. The zero-order chi connectivity index (χ0) is 15.8. The van der Waals surface area contributed by atoms with Crippen LogP contribution in [-0.2, 0) is 14.8 Å². The van der Waals surface area contributed by atoms with Gasteiger partial charge in [0.1, 0.15) is 0 Å². The Kier molecular flexibility index (Phi) is 4.84. The maximum atomic E-state index is 11.8. The summed E-state index contributed by atoms with van der Waals surface area (Å²) in [7, 11) is -3.07. The van der Waals surface area contributed by atoms with Crippen LogP contribution < -0.4 is 5.32 Å². The van der Waals surface area contributed by atoms with Crippen molar-refractivity contribution in [3.63, 3.8) is 0 Å². The summed E-state index contributed by atoms with van der Waals surface area (Å²) in [6.07, 6.45) is 9.92. The Labute approximate surface area is 134 Å². The molecule has 1 N–H and O–H groups in total. The number of hydrogen-bond donors (Lipinski definition) is 1. The molecular formula is C16H30N2O3S. The largest absolute Gasteiger partial charge is 0.378 e. The van der Waals surface area contributed by atoms with E-state index in [-0.39, 0.29) is 6.04 Å². The molecule has 2 aliphatic carbocycles. The summed E-state index contributed by atoms with van der Waals surface area (Å²) in [6, 6.07) is 0.646. The average molecular weight is 330 g/mol. The molecule has 2 saturated carbocycles. The van der Waals surface area contributed by atoms with Gasteiger partial charge in [-0.3, -0.25) is 0 Å². The Hall–Kier alpha value is -0.170. The molecule has 5 nitrogen and oxygen atoms in total. The van der Waals surface area contributed by atoms with Gasteiger partial charge in [0.05, 0.1) is 12.4 Å². The second-order valence-electron chi connectivity index (χ2n) is 7.25. The molecule has 6 heteroatoms. The fraction of sp³-hybridized carbons (Fsp3) is 1.00. The van der Waals surface area contributed by atoms with E-state index in [4.69, 9.17) is 4.74 Å². The van der Waals surface area contributed by atoms with Gasteiger partial charge in [-0.15, -0.1) is 0 Å². The third-order valence-corrected chi connectivity index (χ3v) is 7.37. The summed E-state index contributed by atoms with van der Waals surface area (Å²) < 4.78 is 31.3. The fourth-order valence-electron chi connectivity index (χ4n) is 4.90. The van der Waals surface area contributed by atoms with Crippen LogP contribution in [0.4, 0.5) is 0 Å². The molecule has 3 aliphatic rings. The van der Waals surface area contributed by atoms with Gasteiger partial charge in [0.25, 0.3) is 0 Å². The van der Waals surface area contributed by atoms with E-state index in [0.29, 0.717) is 24.1 Å². The van der Waals surface area contributed by atoms with Crippen LogP contribution in [0.15, 0.2) is 0 Å². The van der Waals surface area contributed by atoms with Crippen LogP contribution >= 0.6 is 0 Å². The maximum absolute atomic E-state index is 11.8. The molecule has 0 bridgehead atoms. The number of hydrogen-bond acceptors (Lipinski definition) is 4. The van der Waals surface area contributed by atoms with Gasteiger partial charge in [0.2, 0.25) is 10.0 Å². The molecule has 3 fully saturated rings. The van der Waals surface area contributed by atoms with Crippen molar-refractivity contribution in [3.8, 4) is 0 Å². The molecule has 0 unspecified atom stereocenters. The van der Waals surface area contributed by atoms with Gasteiger partial charge in [-0.25, -0.2) is 8.42 Å². The van der Waals surface area contributed by atoms with Crippen LogP contribution in [0, 0.1) is 5.41 Å². The van der Waals surface area contributed by atoms with Crippen LogP contribution in [0.2, 0.25) is 0 Å². The second-order valence-corrected chi connectivity index (χ2v) is 9.19. The quantitative estimate of drug-likeness (QED) is 0.806. The van der Waals surface area contributed by atoms with Gasteiger partial charge in [0.15, 0.2) is 0 Å². The lowest BCUT2D eigenvalue weighted by molar-refractivity contribution is -0.130. The van der Waals surface area contributed by atoms with Gasteiger partial charge in [0, 0.05) is 37.2 Å². The van der Waals surface area contributed by atoms with Crippen molar-refractivity contribution in [2.24, 2.45) is 5.41 Å². The summed E-state index contributed by atoms with van der Waals surface area (Å²) in [5, 5.41) is 3.70. The molecule has 0 aromatic rings. The summed E-state index contributed by atoms with van der Waals surface area (Å²) in [4.78, 5) is 0. The number of nitrogens with one attached hydrogen (secondary N) is 1. The Bertz CT molecular complexity index is 488.